The van der Waals surface area contributed by atoms with Gasteiger partial charge in [-0.05, 0) is 53.6 Å². The fourth-order valence-electron chi connectivity index (χ4n) is 2.95. The van der Waals surface area contributed by atoms with Crippen LogP contribution in [-0.4, -0.2) is 24.4 Å². The molecule has 2 aliphatic rings. The average molecular weight is 317 g/mol. The first kappa shape index (κ1) is 12.2. The predicted octanol–water partition coefficient (Wildman–Crippen LogP) is 3.23. The number of hydrogen-bond acceptors (Lipinski definition) is 3. The van der Waals surface area contributed by atoms with Gasteiger partial charge in [0, 0.05) is 26.8 Å². The largest absolute Gasteiger partial charge is 0.396 e. The van der Waals surface area contributed by atoms with Crippen LogP contribution in [0.2, 0.25) is 0 Å². The third-order valence-corrected chi connectivity index (χ3v) is 5.71. The van der Waals surface area contributed by atoms with Crippen molar-refractivity contribution in [3.8, 4) is 0 Å². The highest BCUT2D eigenvalue weighted by molar-refractivity contribution is 9.10. The van der Waals surface area contributed by atoms with Crippen LogP contribution >= 0.6 is 27.3 Å². The number of thiophene rings is 1. The third-order valence-electron chi connectivity index (χ3n) is 4.01. The van der Waals surface area contributed by atoms with Crippen LogP contribution in [0.1, 0.15) is 24.1 Å². The van der Waals surface area contributed by atoms with Crippen molar-refractivity contribution in [1.82, 2.24) is 0 Å². The van der Waals surface area contributed by atoms with E-state index >= 15 is 0 Å². The Bertz CT molecular complexity index is 402. The zero-order chi connectivity index (χ0) is 11.9. The van der Waals surface area contributed by atoms with Gasteiger partial charge in [-0.1, -0.05) is 0 Å². The molecule has 4 heteroatoms. The number of ether oxygens (including phenoxy) is 1. The molecule has 17 heavy (non-hydrogen) atoms. The van der Waals surface area contributed by atoms with E-state index in [9.17, 15) is 5.11 Å². The van der Waals surface area contributed by atoms with E-state index in [1.807, 2.05) is 0 Å². The number of rotatable bonds is 4. The van der Waals surface area contributed by atoms with E-state index in [4.69, 9.17) is 4.74 Å². The van der Waals surface area contributed by atoms with Crippen molar-refractivity contribution in [3.63, 3.8) is 0 Å². The molecule has 1 aromatic heterocycles. The molecular weight excluding hydrogens is 300 g/mol. The van der Waals surface area contributed by atoms with Crippen LogP contribution in [0, 0.1) is 11.3 Å². The Labute approximate surface area is 114 Å². The molecule has 2 nitrogen and oxygen atoms in total. The van der Waals surface area contributed by atoms with Gasteiger partial charge in [-0.2, -0.15) is 0 Å². The van der Waals surface area contributed by atoms with Gasteiger partial charge in [0.2, 0.25) is 0 Å². The molecule has 1 aliphatic heterocycles. The van der Waals surface area contributed by atoms with Gasteiger partial charge in [0.25, 0.3) is 0 Å². The second-order valence-corrected chi connectivity index (χ2v) is 7.22. The van der Waals surface area contributed by atoms with Crippen molar-refractivity contribution in [1.29, 1.82) is 0 Å². The molecule has 0 amide bonds. The van der Waals surface area contributed by atoms with E-state index in [1.165, 1.54) is 17.7 Å². The minimum absolute atomic E-state index is 0.0224. The Morgan fingerprint density at radius 2 is 2.35 bits per heavy atom. The first-order valence-corrected chi connectivity index (χ1v) is 7.86. The summed E-state index contributed by atoms with van der Waals surface area (Å²) >= 11 is 5.27. The van der Waals surface area contributed by atoms with E-state index < -0.39 is 0 Å². The first-order chi connectivity index (χ1) is 8.23. The Morgan fingerprint density at radius 1 is 1.53 bits per heavy atom. The molecule has 1 aliphatic carbocycles. The lowest BCUT2D eigenvalue weighted by Gasteiger charge is -2.32. The fourth-order valence-corrected chi connectivity index (χ4v) is 4.56. The van der Waals surface area contributed by atoms with Crippen molar-refractivity contribution < 1.29 is 9.84 Å². The summed E-state index contributed by atoms with van der Waals surface area (Å²) in [5.74, 6) is 0.702. The molecule has 1 N–H and O–H groups in total. The SMILES string of the molecule is OCC1(Cc2cc(Br)cs2)CCOC1C1CC1. The van der Waals surface area contributed by atoms with Crippen LogP contribution in [0.4, 0.5) is 0 Å². The molecule has 0 aromatic carbocycles. The van der Waals surface area contributed by atoms with Crippen molar-refractivity contribution in [2.24, 2.45) is 11.3 Å². The minimum Gasteiger partial charge on any atom is -0.396 e. The molecule has 0 radical (unpaired) electrons. The van der Waals surface area contributed by atoms with E-state index in [1.54, 1.807) is 11.3 Å². The van der Waals surface area contributed by atoms with Gasteiger partial charge < -0.3 is 9.84 Å². The first-order valence-electron chi connectivity index (χ1n) is 6.19. The minimum atomic E-state index is -0.0224. The number of aliphatic hydroxyl groups is 1. The molecule has 0 bridgehead atoms. The highest BCUT2D eigenvalue weighted by Gasteiger charge is 2.50. The van der Waals surface area contributed by atoms with Crippen LogP contribution in [0.15, 0.2) is 15.9 Å². The van der Waals surface area contributed by atoms with Crippen molar-refractivity contribution in [3.05, 3.63) is 20.8 Å². The maximum absolute atomic E-state index is 9.84. The molecule has 1 saturated heterocycles. The highest BCUT2D eigenvalue weighted by Crippen LogP contribution is 2.49. The van der Waals surface area contributed by atoms with Crippen LogP contribution in [0.25, 0.3) is 0 Å². The smallest absolute Gasteiger partial charge is 0.0685 e. The second-order valence-electron chi connectivity index (χ2n) is 5.31. The van der Waals surface area contributed by atoms with Gasteiger partial charge in [-0.25, -0.2) is 0 Å². The van der Waals surface area contributed by atoms with Gasteiger partial charge in [-0.3, -0.25) is 0 Å². The molecule has 94 valence electrons. The molecule has 1 saturated carbocycles. The van der Waals surface area contributed by atoms with E-state index in [-0.39, 0.29) is 18.1 Å². The van der Waals surface area contributed by atoms with Crippen molar-refractivity contribution in [2.75, 3.05) is 13.2 Å². The van der Waals surface area contributed by atoms with Crippen LogP contribution in [0.5, 0.6) is 0 Å². The van der Waals surface area contributed by atoms with Crippen LogP contribution in [-0.2, 0) is 11.2 Å². The van der Waals surface area contributed by atoms with E-state index in [0.29, 0.717) is 5.92 Å². The Kier molecular flexibility index (Phi) is 3.32. The predicted molar refractivity (Wildman–Crippen MR) is 72.3 cm³/mol. The van der Waals surface area contributed by atoms with Gasteiger partial charge in [0.05, 0.1) is 12.7 Å². The molecule has 2 atom stereocenters. The standard InChI is InChI=1S/C13H17BrO2S/c14-10-5-11(17-7-10)6-13(8-15)3-4-16-12(13)9-1-2-9/h5,7,9,12,15H,1-4,6,8H2. The second kappa shape index (κ2) is 4.65. The molecule has 0 spiro atoms. The molecule has 2 unspecified atom stereocenters. The zero-order valence-corrected chi connectivity index (χ0v) is 12.1. The van der Waals surface area contributed by atoms with Crippen molar-refractivity contribution >= 4 is 27.3 Å². The summed E-state index contributed by atoms with van der Waals surface area (Å²) in [5.41, 5.74) is -0.0224. The summed E-state index contributed by atoms with van der Waals surface area (Å²) in [6.07, 6.45) is 4.80. The summed E-state index contributed by atoms with van der Waals surface area (Å²) in [4.78, 5) is 1.35. The monoisotopic (exact) mass is 316 g/mol. The highest BCUT2D eigenvalue weighted by atomic mass is 79.9. The van der Waals surface area contributed by atoms with Crippen LogP contribution < -0.4 is 0 Å². The summed E-state index contributed by atoms with van der Waals surface area (Å²) < 4.78 is 7.04. The Hall–Kier alpha value is 0.1000. The van der Waals surface area contributed by atoms with Gasteiger partial charge >= 0.3 is 0 Å². The van der Waals surface area contributed by atoms with Gasteiger partial charge in [0.1, 0.15) is 0 Å². The Morgan fingerprint density at radius 3 is 2.94 bits per heavy atom. The third kappa shape index (κ3) is 2.33. The summed E-state index contributed by atoms with van der Waals surface area (Å²) in [7, 11) is 0. The molecule has 2 fully saturated rings. The zero-order valence-electron chi connectivity index (χ0n) is 9.69. The maximum Gasteiger partial charge on any atom is 0.0685 e. The van der Waals surface area contributed by atoms with E-state index in [2.05, 4.69) is 27.4 Å². The lowest BCUT2D eigenvalue weighted by Crippen LogP contribution is -2.38. The van der Waals surface area contributed by atoms with E-state index in [0.717, 1.165) is 23.9 Å². The fraction of sp³-hybridized carbons (Fsp3) is 0.692. The molecule has 3 rings (SSSR count). The van der Waals surface area contributed by atoms with Crippen molar-refractivity contribution in [2.45, 2.75) is 31.8 Å². The molecular formula is C13H17BrO2S. The number of aliphatic hydroxyl groups excluding tert-OH is 1. The lowest BCUT2D eigenvalue weighted by molar-refractivity contribution is 0.000992. The summed E-state index contributed by atoms with van der Waals surface area (Å²) in [5, 5.41) is 12.0. The quantitative estimate of drug-likeness (QED) is 0.924. The van der Waals surface area contributed by atoms with Crippen LogP contribution in [0.3, 0.4) is 0 Å². The average Bonchev–Trinajstić information content (AvgIpc) is 2.96. The summed E-state index contributed by atoms with van der Waals surface area (Å²) in [6, 6.07) is 2.17. The number of halogens is 1. The molecule has 1 aromatic rings. The molecule has 2 heterocycles. The topological polar surface area (TPSA) is 29.5 Å². The maximum atomic E-state index is 9.84. The Balaban J connectivity index is 1.80. The van der Waals surface area contributed by atoms with Gasteiger partial charge in [0.15, 0.2) is 0 Å². The number of hydrogen-bond donors (Lipinski definition) is 1. The lowest BCUT2D eigenvalue weighted by atomic mass is 9.76. The normalized spacial score (nSPS) is 33.2. The summed E-state index contributed by atoms with van der Waals surface area (Å²) in [6.45, 7) is 1.07. The van der Waals surface area contributed by atoms with Gasteiger partial charge in [-0.15, -0.1) is 11.3 Å².